The average Bonchev–Trinajstić information content (AvgIpc) is 3.17. The van der Waals surface area contributed by atoms with Crippen LogP contribution in [0.4, 0.5) is 0 Å². The Hall–Kier alpha value is -1.10. The van der Waals surface area contributed by atoms with Gasteiger partial charge in [-0.3, -0.25) is 14.4 Å². The second kappa shape index (κ2) is 6.45. The highest BCUT2D eigenvalue weighted by Crippen LogP contribution is 2.70. The van der Waals surface area contributed by atoms with Gasteiger partial charge in [0.05, 0.1) is 0 Å². The molecule has 0 aromatic carbocycles. The topological polar surface area (TPSA) is 60.4 Å². The average molecular weight is 417 g/mol. The first kappa shape index (κ1) is 19.8. The summed E-state index contributed by atoms with van der Waals surface area (Å²) in [6.45, 7) is 6.36. The lowest BCUT2D eigenvalue weighted by Crippen LogP contribution is -2.57. The van der Waals surface area contributed by atoms with Gasteiger partial charge in [0.25, 0.3) is 0 Å². The zero-order chi connectivity index (χ0) is 20.6. The zero-order valence-electron chi connectivity index (χ0n) is 17.8. The van der Waals surface area contributed by atoms with Crippen LogP contribution in [-0.2, 0) is 19.1 Å². The Morgan fingerprint density at radius 3 is 2.52 bits per heavy atom. The van der Waals surface area contributed by atoms with E-state index >= 15 is 0 Å². The Kier molecular flexibility index (Phi) is 4.41. The van der Waals surface area contributed by atoms with Gasteiger partial charge in [0, 0.05) is 35.8 Å². The molecule has 5 rings (SSSR count). The molecule has 3 unspecified atom stereocenters. The molecule has 1 saturated heterocycles. The van der Waals surface area contributed by atoms with Crippen molar-refractivity contribution in [2.45, 2.75) is 89.4 Å². The summed E-state index contributed by atoms with van der Waals surface area (Å²) >= 11 is 1.39. The molecule has 3 saturated carbocycles. The van der Waals surface area contributed by atoms with Crippen molar-refractivity contribution in [3.05, 3.63) is 11.6 Å². The van der Waals surface area contributed by atoms with Gasteiger partial charge < -0.3 is 4.74 Å². The number of ketones is 1. The number of fused-ring (bicyclic) bond motifs is 6. The van der Waals surface area contributed by atoms with E-state index in [1.165, 1.54) is 17.3 Å². The molecule has 1 heterocycles. The number of allylic oxidation sites excluding steroid dienone is 1. The summed E-state index contributed by atoms with van der Waals surface area (Å²) in [6, 6.07) is 0. The number of esters is 1. The van der Waals surface area contributed by atoms with Crippen LogP contribution >= 0.6 is 11.8 Å². The van der Waals surface area contributed by atoms with Crippen LogP contribution in [0, 0.1) is 28.6 Å². The Balaban J connectivity index is 1.50. The van der Waals surface area contributed by atoms with Crippen LogP contribution in [-0.4, -0.2) is 27.7 Å². The first-order valence-electron chi connectivity index (χ1n) is 11.3. The van der Waals surface area contributed by atoms with Crippen molar-refractivity contribution in [3.63, 3.8) is 0 Å². The number of thioether (sulfide) groups is 1. The minimum atomic E-state index is -0.243. The summed E-state index contributed by atoms with van der Waals surface area (Å²) in [4.78, 5) is 36.4. The molecule has 1 aliphatic heterocycles. The molecule has 0 N–H and O–H groups in total. The molecule has 1 spiro atoms. The van der Waals surface area contributed by atoms with E-state index in [2.05, 4.69) is 13.8 Å². The molecule has 4 aliphatic carbocycles. The SMILES string of the molecule is CC(=O)S[C@@H]1CC(=O)C=C2CCC3C4CC[C@@]5(CCC(=O)O5)[C@]4(C)CC[C@@H]3C21C. The van der Waals surface area contributed by atoms with Crippen molar-refractivity contribution in [1.82, 2.24) is 0 Å². The van der Waals surface area contributed by atoms with Crippen LogP contribution in [0.25, 0.3) is 0 Å². The van der Waals surface area contributed by atoms with E-state index in [1.807, 2.05) is 6.08 Å². The molecular weight excluding hydrogens is 384 g/mol. The Bertz CT molecular complexity index is 818. The fraction of sp³-hybridized carbons (Fsp3) is 0.792. The normalized spacial score (nSPS) is 48.6. The van der Waals surface area contributed by atoms with Crippen LogP contribution < -0.4 is 0 Å². The van der Waals surface area contributed by atoms with Crippen molar-refractivity contribution in [3.8, 4) is 0 Å². The lowest BCUT2D eigenvalue weighted by molar-refractivity contribution is -0.167. The predicted octanol–water partition coefficient (Wildman–Crippen LogP) is 4.85. The molecule has 158 valence electrons. The minimum Gasteiger partial charge on any atom is -0.458 e. The van der Waals surface area contributed by atoms with Crippen LogP contribution in [0.3, 0.4) is 0 Å². The second-order valence-electron chi connectivity index (χ2n) is 10.6. The minimum absolute atomic E-state index is 0.0152. The van der Waals surface area contributed by atoms with Crippen molar-refractivity contribution >= 4 is 28.6 Å². The zero-order valence-corrected chi connectivity index (χ0v) is 18.6. The fourth-order valence-electron chi connectivity index (χ4n) is 8.24. The summed E-state index contributed by atoms with van der Waals surface area (Å²) in [5.74, 6) is 1.85. The summed E-state index contributed by atoms with van der Waals surface area (Å²) in [5, 5.41) is 0.176. The molecule has 0 radical (unpaired) electrons. The van der Waals surface area contributed by atoms with E-state index in [9.17, 15) is 14.4 Å². The molecule has 7 atom stereocenters. The Labute approximate surface area is 177 Å². The molecule has 0 bridgehead atoms. The van der Waals surface area contributed by atoms with Gasteiger partial charge in [-0.25, -0.2) is 0 Å². The maximum atomic E-state index is 12.4. The van der Waals surface area contributed by atoms with E-state index in [1.54, 1.807) is 6.92 Å². The van der Waals surface area contributed by atoms with Gasteiger partial charge in [-0.05, 0) is 68.8 Å². The number of carbonyl (C=O) groups excluding carboxylic acids is 3. The third kappa shape index (κ3) is 2.61. The highest BCUT2D eigenvalue weighted by molar-refractivity contribution is 8.14. The molecule has 0 aromatic heterocycles. The lowest BCUT2D eigenvalue weighted by Gasteiger charge is -2.60. The van der Waals surface area contributed by atoms with Gasteiger partial charge in [0.15, 0.2) is 10.9 Å². The van der Waals surface area contributed by atoms with Crippen molar-refractivity contribution in [2.75, 3.05) is 0 Å². The highest BCUT2D eigenvalue weighted by atomic mass is 32.2. The van der Waals surface area contributed by atoms with E-state index in [0.29, 0.717) is 30.6 Å². The van der Waals surface area contributed by atoms with Crippen LogP contribution in [0.5, 0.6) is 0 Å². The van der Waals surface area contributed by atoms with Crippen molar-refractivity contribution in [2.24, 2.45) is 28.6 Å². The first-order valence-corrected chi connectivity index (χ1v) is 12.2. The van der Waals surface area contributed by atoms with Crippen LogP contribution in [0.1, 0.15) is 78.6 Å². The smallest absolute Gasteiger partial charge is 0.306 e. The van der Waals surface area contributed by atoms with E-state index in [4.69, 9.17) is 4.74 Å². The quantitative estimate of drug-likeness (QED) is 0.572. The predicted molar refractivity (Wildman–Crippen MR) is 112 cm³/mol. The number of ether oxygens (including phenoxy) is 1. The molecule has 4 fully saturated rings. The molecule has 0 aromatic rings. The lowest BCUT2D eigenvalue weighted by atomic mass is 9.46. The largest absolute Gasteiger partial charge is 0.458 e. The summed E-state index contributed by atoms with van der Waals surface area (Å²) in [5.41, 5.74) is 1.05. The maximum absolute atomic E-state index is 12.4. The number of rotatable bonds is 1. The standard InChI is InChI=1S/C24H32O4S/c1-14(25)29-20-13-16(26)12-15-4-5-17-18-7-10-24(11-8-21(27)28-24)22(18,2)9-6-19(17)23(15,20)3/h12,17-20H,4-11,13H2,1-3H3/t17?,18?,19-,20+,22+,23?,24+/m0/s1. The van der Waals surface area contributed by atoms with Gasteiger partial charge in [-0.1, -0.05) is 31.2 Å². The number of hydrogen-bond donors (Lipinski definition) is 0. The Morgan fingerprint density at radius 2 is 1.83 bits per heavy atom. The number of carbonyl (C=O) groups is 3. The second-order valence-corrected chi connectivity index (χ2v) is 12.0. The van der Waals surface area contributed by atoms with Crippen molar-refractivity contribution < 1.29 is 19.1 Å². The third-order valence-corrected chi connectivity index (χ3v) is 10.9. The van der Waals surface area contributed by atoms with Crippen LogP contribution in [0.2, 0.25) is 0 Å². The van der Waals surface area contributed by atoms with E-state index < -0.39 is 0 Å². The first-order chi connectivity index (χ1) is 13.7. The summed E-state index contributed by atoms with van der Waals surface area (Å²) in [7, 11) is 0. The molecule has 5 aliphatic rings. The molecule has 29 heavy (non-hydrogen) atoms. The number of hydrogen-bond acceptors (Lipinski definition) is 5. The summed E-state index contributed by atoms with van der Waals surface area (Å²) < 4.78 is 6.04. The fourth-order valence-corrected chi connectivity index (χ4v) is 9.46. The molecule has 5 heteroatoms. The Morgan fingerprint density at radius 1 is 1.07 bits per heavy atom. The van der Waals surface area contributed by atoms with Gasteiger partial charge in [0.2, 0.25) is 0 Å². The van der Waals surface area contributed by atoms with E-state index in [-0.39, 0.29) is 38.5 Å². The molecular formula is C24H32O4S. The highest BCUT2D eigenvalue weighted by Gasteiger charge is 2.67. The third-order valence-electron chi connectivity index (χ3n) is 9.68. The molecule has 0 amide bonds. The monoisotopic (exact) mass is 416 g/mol. The maximum Gasteiger partial charge on any atom is 0.306 e. The van der Waals surface area contributed by atoms with Gasteiger partial charge in [-0.2, -0.15) is 0 Å². The molecule has 4 nitrogen and oxygen atoms in total. The summed E-state index contributed by atoms with van der Waals surface area (Å²) in [6.07, 6.45) is 10.3. The van der Waals surface area contributed by atoms with Gasteiger partial charge in [0.1, 0.15) is 5.60 Å². The van der Waals surface area contributed by atoms with Gasteiger partial charge >= 0.3 is 5.97 Å². The van der Waals surface area contributed by atoms with E-state index in [0.717, 1.165) is 44.9 Å². The van der Waals surface area contributed by atoms with Crippen molar-refractivity contribution in [1.29, 1.82) is 0 Å². The van der Waals surface area contributed by atoms with Gasteiger partial charge in [-0.15, -0.1) is 0 Å². The van der Waals surface area contributed by atoms with Crippen LogP contribution in [0.15, 0.2) is 11.6 Å².